The summed E-state index contributed by atoms with van der Waals surface area (Å²) < 4.78 is 5.35. The first-order valence-electron chi connectivity index (χ1n) is 6.61. The first-order valence-corrected chi connectivity index (χ1v) is 7.37. The van der Waals surface area contributed by atoms with Gasteiger partial charge >= 0.3 is 0 Å². The molecule has 0 bridgehead atoms. The van der Waals surface area contributed by atoms with Crippen molar-refractivity contribution in [1.29, 1.82) is 0 Å². The van der Waals surface area contributed by atoms with E-state index in [0.29, 0.717) is 15.8 Å². The number of rotatable bonds is 4. The molecule has 0 radical (unpaired) electrons. The lowest BCUT2D eigenvalue weighted by atomic mass is 9.92. The second kappa shape index (κ2) is 7.16. The third-order valence-corrected chi connectivity index (χ3v) is 3.88. The second-order valence-electron chi connectivity index (χ2n) is 4.89. The van der Waals surface area contributed by atoms with Crippen molar-refractivity contribution in [2.45, 2.75) is 37.8 Å². The molecule has 20 heavy (non-hydrogen) atoms. The van der Waals surface area contributed by atoms with Gasteiger partial charge in [0.05, 0.1) is 17.2 Å². The second-order valence-corrected chi connectivity index (χ2v) is 5.73. The third-order valence-electron chi connectivity index (χ3n) is 3.33. The minimum absolute atomic E-state index is 0.150. The van der Waals surface area contributed by atoms with Gasteiger partial charge in [-0.05, 0) is 25.0 Å². The van der Waals surface area contributed by atoms with E-state index in [0.717, 1.165) is 25.7 Å². The van der Waals surface area contributed by atoms with Gasteiger partial charge in [0.25, 0.3) is 5.91 Å². The number of carbonyl (C=O) groups is 1. The van der Waals surface area contributed by atoms with E-state index in [1.807, 2.05) is 0 Å². The van der Waals surface area contributed by atoms with Crippen LogP contribution in [0.5, 0.6) is 5.75 Å². The van der Waals surface area contributed by atoms with Crippen LogP contribution in [-0.2, 0) is 4.79 Å². The van der Waals surface area contributed by atoms with Crippen molar-refractivity contribution in [3.05, 3.63) is 28.2 Å². The summed E-state index contributed by atoms with van der Waals surface area (Å²) in [5.74, 6) is 0.102. The summed E-state index contributed by atoms with van der Waals surface area (Å²) in [7, 11) is 0. The molecule has 1 saturated carbocycles. The van der Waals surface area contributed by atoms with Crippen LogP contribution in [0, 0.1) is 0 Å². The topological polar surface area (TPSA) is 58.6 Å². The van der Waals surface area contributed by atoms with Gasteiger partial charge in [0.1, 0.15) is 5.75 Å². The highest BCUT2D eigenvalue weighted by atomic mass is 35.5. The smallest absolute Gasteiger partial charge is 0.258 e. The van der Waals surface area contributed by atoms with Crippen LogP contribution in [-0.4, -0.2) is 29.8 Å². The number of benzene rings is 1. The van der Waals surface area contributed by atoms with Crippen LogP contribution in [0.1, 0.15) is 25.7 Å². The highest BCUT2D eigenvalue weighted by Crippen LogP contribution is 2.27. The molecule has 1 aliphatic carbocycles. The minimum atomic E-state index is -0.470. The molecule has 1 aliphatic rings. The Morgan fingerprint density at radius 1 is 1.35 bits per heavy atom. The van der Waals surface area contributed by atoms with Crippen molar-refractivity contribution in [2.24, 2.45) is 0 Å². The molecule has 1 aromatic rings. The average Bonchev–Trinajstić information content (AvgIpc) is 2.42. The lowest BCUT2D eigenvalue weighted by molar-refractivity contribution is -0.125. The maximum atomic E-state index is 11.8. The number of hydrogen-bond acceptors (Lipinski definition) is 3. The molecule has 4 nitrogen and oxygen atoms in total. The Morgan fingerprint density at radius 3 is 2.85 bits per heavy atom. The Kier molecular flexibility index (Phi) is 5.52. The number of ether oxygens (including phenoxy) is 1. The Balaban J connectivity index is 1.84. The summed E-state index contributed by atoms with van der Waals surface area (Å²) in [5.41, 5.74) is 0. The number of aliphatic hydroxyl groups is 1. The standard InChI is InChI=1S/C14H17Cl2NO3/c15-9-5-6-10(16)13(7-9)20-8-14(19)17-11-3-1-2-4-12(11)18/h5-7,11-12,18H,1-4,8H2,(H,17,19). The summed E-state index contributed by atoms with van der Waals surface area (Å²) in [5, 5.41) is 13.5. The van der Waals surface area contributed by atoms with Crippen LogP contribution < -0.4 is 10.1 Å². The Morgan fingerprint density at radius 2 is 2.10 bits per heavy atom. The van der Waals surface area contributed by atoms with Crippen molar-refractivity contribution in [3.8, 4) is 5.75 Å². The first-order chi connectivity index (χ1) is 9.56. The highest BCUT2D eigenvalue weighted by Gasteiger charge is 2.24. The van der Waals surface area contributed by atoms with E-state index in [9.17, 15) is 9.90 Å². The molecular formula is C14H17Cl2NO3. The molecule has 0 aromatic heterocycles. The van der Waals surface area contributed by atoms with Gasteiger partial charge in [-0.15, -0.1) is 0 Å². The zero-order chi connectivity index (χ0) is 14.5. The van der Waals surface area contributed by atoms with Crippen LogP contribution in [0.4, 0.5) is 0 Å². The van der Waals surface area contributed by atoms with E-state index in [1.54, 1.807) is 18.2 Å². The number of carbonyl (C=O) groups excluding carboxylic acids is 1. The van der Waals surface area contributed by atoms with E-state index < -0.39 is 6.10 Å². The lowest BCUT2D eigenvalue weighted by Crippen LogP contribution is -2.46. The fourth-order valence-electron chi connectivity index (χ4n) is 2.26. The molecule has 2 N–H and O–H groups in total. The van der Waals surface area contributed by atoms with Gasteiger partial charge in [-0.1, -0.05) is 36.0 Å². The molecule has 6 heteroatoms. The lowest BCUT2D eigenvalue weighted by Gasteiger charge is -2.28. The number of aliphatic hydroxyl groups excluding tert-OH is 1. The van der Waals surface area contributed by atoms with Crippen molar-refractivity contribution < 1.29 is 14.6 Å². The van der Waals surface area contributed by atoms with E-state index >= 15 is 0 Å². The van der Waals surface area contributed by atoms with Gasteiger partial charge < -0.3 is 15.2 Å². The molecule has 1 fully saturated rings. The van der Waals surface area contributed by atoms with Crippen molar-refractivity contribution in [2.75, 3.05) is 6.61 Å². The maximum Gasteiger partial charge on any atom is 0.258 e. The summed E-state index contributed by atoms with van der Waals surface area (Å²) in [6.07, 6.45) is 3.07. The zero-order valence-corrected chi connectivity index (χ0v) is 12.5. The van der Waals surface area contributed by atoms with Gasteiger partial charge in [-0.25, -0.2) is 0 Å². The summed E-state index contributed by atoms with van der Waals surface area (Å²) in [4.78, 5) is 11.8. The average molecular weight is 318 g/mol. The van der Waals surface area contributed by atoms with Gasteiger partial charge in [-0.2, -0.15) is 0 Å². The molecule has 0 saturated heterocycles. The molecule has 2 rings (SSSR count). The predicted molar refractivity (Wildman–Crippen MR) is 78.4 cm³/mol. The van der Waals surface area contributed by atoms with Crippen LogP contribution in [0.25, 0.3) is 0 Å². The molecule has 1 amide bonds. The highest BCUT2D eigenvalue weighted by molar-refractivity contribution is 6.34. The Hall–Kier alpha value is -0.970. The summed E-state index contributed by atoms with van der Waals surface area (Å²) in [6, 6.07) is 4.64. The number of hydrogen-bond donors (Lipinski definition) is 2. The molecule has 2 atom stereocenters. The van der Waals surface area contributed by atoms with Crippen molar-refractivity contribution in [3.63, 3.8) is 0 Å². The fourth-order valence-corrected chi connectivity index (χ4v) is 2.59. The number of amides is 1. The van der Waals surface area contributed by atoms with Crippen LogP contribution in [0.3, 0.4) is 0 Å². The molecule has 110 valence electrons. The van der Waals surface area contributed by atoms with Gasteiger partial charge in [0.2, 0.25) is 0 Å². The molecule has 0 heterocycles. The molecule has 1 aromatic carbocycles. The zero-order valence-electron chi connectivity index (χ0n) is 10.9. The van der Waals surface area contributed by atoms with E-state index in [-0.39, 0.29) is 18.6 Å². The maximum absolute atomic E-state index is 11.8. The molecule has 2 unspecified atom stereocenters. The minimum Gasteiger partial charge on any atom is -0.482 e. The van der Waals surface area contributed by atoms with Gasteiger partial charge in [0, 0.05) is 11.1 Å². The summed E-state index contributed by atoms with van der Waals surface area (Å²) >= 11 is 11.8. The van der Waals surface area contributed by atoms with E-state index in [2.05, 4.69) is 5.32 Å². The first kappa shape index (κ1) is 15.4. The quantitative estimate of drug-likeness (QED) is 0.897. The van der Waals surface area contributed by atoms with Crippen molar-refractivity contribution >= 4 is 29.1 Å². The van der Waals surface area contributed by atoms with Crippen LogP contribution >= 0.6 is 23.2 Å². The molecule has 0 aliphatic heterocycles. The summed E-state index contributed by atoms with van der Waals surface area (Å²) in [6.45, 7) is -0.150. The predicted octanol–water partition coefficient (Wildman–Crippen LogP) is 2.79. The van der Waals surface area contributed by atoms with E-state index in [1.165, 1.54) is 0 Å². The molecule has 0 spiro atoms. The monoisotopic (exact) mass is 317 g/mol. The molecular weight excluding hydrogens is 301 g/mol. The Bertz CT molecular complexity index is 481. The fraction of sp³-hybridized carbons (Fsp3) is 0.500. The number of nitrogens with one attached hydrogen (secondary N) is 1. The van der Waals surface area contributed by atoms with Gasteiger partial charge in [-0.3, -0.25) is 4.79 Å². The van der Waals surface area contributed by atoms with E-state index in [4.69, 9.17) is 27.9 Å². The van der Waals surface area contributed by atoms with Crippen LogP contribution in [0.15, 0.2) is 18.2 Å². The SMILES string of the molecule is O=C(COc1cc(Cl)ccc1Cl)NC1CCCCC1O. The normalized spacial score (nSPS) is 22.4. The van der Waals surface area contributed by atoms with Crippen molar-refractivity contribution in [1.82, 2.24) is 5.32 Å². The Labute approximate surface area is 128 Å². The largest absolute Gasteiger partial charge is 0.482 e. The third kappa shape index (κ3) is 4.27. The van der Waals surface area contributed by atoms with Gasteiger partial charge in [0.15, 0.2) is 6.61 Å². The van der Waals surface area contributed by atoms with Crippen LogP contribution in [0.2, 0.25) is 10.0 Å². The number of halogens is 2.